The van der Waals surface area contributed by atoms with E-state index in [1.807, 2.05) is 31.2 Å². The molecule has 0 saturated carbocycles. The van der Waals surface area contributed by atoms with Crippen molar-refractivity contribution in [1.29, 1.82) is 0 Å². The summed E-state index contributed by atoms with van der Waals surface area (Å²) in [5.74, 6) is 1.33. The number of aromatic amines is 1. The van der Waals surface area contributed by atoms with Gasteiger partial charge in [-0.15, -0.1) is 0 Å². The van der Waals surface area contributed by atoms with Crippen molar-refractivity contribution >= 4 is 17.5 Å². The topological polar surface area (TPSA) is 84.8 Å². The molecule has 140 valence electrons. The lowest BCUT2D eigenvalue weighted by Crippen LogP contribution is -2.23. The fourth-order valence-corrected chi connectivity index (χ4v) is 3.42. The monoisotopic (exact) mass is 385 g/mol. The van der Waals surface area contributed by atoms with Gasteiger partial charge in [0.05, 0.1) is 29.6 Å². The molecule has 8 heteroatoms. The van der Waals surface area contributed by atoms with Gasteiger partial charge in [-0.05, 0) is 6.07 Å². The Morgan fingerprint density at radius 1 is 1.44 bits per heavy atom. The van der Waals surface area contributed by atoms with Crippen LogP contribution in [0.1, 0.15) is 36.6 Å². The van der Waals surface area contributed by atoms with E-state index in [1.165, 1.54) is 6.07 Å². The molecule has 0 unspecified atom stereocenters. The molecule has 0 bridgehead atoms. The van der Waals surface area contributed by atoms with Crippen LogP contribution < -0.4 is 15.6 Å². The lowest BCUT2D eigenvalue weighted by molar-refractivity contribution is 0.274. The molecule has 0 saturated heterocycles. The number of fused-ring (bicyclic) bond motifs is 1. The van der Waals surface area contributed by atoms with Gasteiger partial charge in [0.2, 0.25) is 5.95 Å². The van der Waals surface area contributed by atoms with Crippen LogP contribution in [0, 0.1) is 0 Å². The average Bonchev–Trinajstić information content (AvgIpc) is 3.06. The Morgan fingerprint density at radius 3 is 3.11 bits per heavy atom. The average molecular weight is 386 g/mol. The SMILES string of the molecule is C[C@@H](Cn1cc(Cl)cn1)c1cc(=O)[nH]c(N[C@@H]2CCOc3ccccc32)n1. The first kappa shape index (κ1) is 17.6. The molecule has 2 atom stereocenters. The molecule has 1 aromatic carbocycles. The quantitative estimate of drug-likeness (QED) is 0.703. The van der Waals surface area contributed by atoms with Crippen LogP contribution in [0.25, 0.3) is 0 Å². The first-order valence-electron chi connectivity index (χ1n) is 8.86. The van der Waals surface area contributed by atoms with E-state index in [2.05, 4.69) is 20.4 Å². The number of nitrogens with zero attached hydrogens (tertiary/aromatic N) is 3. The number of nitrogens with one attached hydrogen (secondary N) is 2. The van der Waals surface area contributed by atoms with Crippen LogP contribution in [0.15, 0.2) is 47.5 Å². The summed E-state index contributed by atoms with van der Waals surface area (Å²) in [5, 5.41) is 8.12. The predicted octanol–water partition coefficient (Wildman–Crippen LogP) is 3.36. The molecule has 0 radical (unpaired) electrons. The minimum Gasteiger partial charge on any atom is -0.493 e. The highest BCUT2D eigenvalue weighted by molar-refractivity contribution is 6.30. The Hall–Kier alpha value is -2.80. The van der Waals surface area contributed by atoms with Crippen molar-refractivity contribution < 1.29 is 4.74 Å². The van der Waals surface area contributed by atoms with Crippen molar-refractivity contribution in [3.63, 3.8) is 0 Å². The number of rotatable bonds is 5. The molecule has 3 heterocycles. The summed E-state index contributed by atoms with van der Waals surface area (Å²) in [7, 11) is 0. The number of ether oxygens (including phenoxy) is 1. The minimum atomic E-state index is -0.187. The van der Waals surface area contributed by atoms with Crippen LogP contribution in [0.5, 0.6) is 5.75 Å². The number of para-hydroxylation sites is 1. The number of benzene rings is 1. The van der Waals surface area contributed by atoms with E-state index < -0.39 is 0 Å². The molecule has 2 aromatic heterocycles. The van der Waals surface area contributed by atoms with E-state index in [0.717, 1.165) is 17.7 Å². The molecule has 0 spiro atoms. The minimum absolute atomic E-state index is 0.00536. The Labute approximate surface area is 161 Å². The van der Waals surface area contributed by atoms with Crippen LogP contribution >= 0.6 is 11.6 Å². The van der Waals surface area contributed by atoms with E-state index in [9.17, 15) is 4.79 Å². The van der Waals surface area contributed by atoms with E-state index in [0.29, 0.717) is 29.8 Å². The number of anilines is 1. The van der Waals surface area contributed by atoms with Crippen LogP contribution in [-0.2, 0) is 6.54 Å². The first-order chi connectivity index (χ1) is 13.1. The normalized spacial score (nSPS) is 17.0. The fourth-order valence-electron chi connectivity index (χ4n) is 3.27. The molecule has 2 N–H and O–H groups in total. The summed E-state index contributed by atoms with van der Waals surface area (Å²) in [5.41, 5.74) is 1.58. The third kappa shape index (κ3) is 3.98. The van der Waals surface area contributed by atoms with Crippen molar-refractivity contribution in [2.75, 3.05) is 11.9 Å². The van der Waals surface area contributed by atoms with Crippen LogP contribution in [0.2, 0.25) is 5.02 Å². The molecule has 3 aromatic rings. The molecule has 0 aliphatic carbocycles. The number of hydrogen-bond acceptors (Lipinski definition) is 5. The Kier molecular flexibility index (Phi) is 4.85. The second kappa shape index (κ2) is 7.44. The first-order valence-corrected chi connectivity index (χ1v) is 9.24. The third-order valence-electron chi connectivity index (χ3n) is 4.60. The third-order valence-corrected chi connectivity index (χ3v) is 4.79. The highest BCUT2D eigenvalue weighted by atomic mass is 35.5. The van der Waals surface area contributed by atoms with Gasteiger partial charge in [0.1, 0.15) is 5.75 Å². The van der Waals surface area contributed by atoms with Gasteiger partial charge in [0, 0.05) is 36.7 Å². The van der Waals surface area contributed by atoms with E-state index in [1.54, 1.807) is 17.1 Å². The Bertz CT molecular complexity index is 1000. The van der Waals surface area contributed by atoms with Crippen molar-refractivity contribution in [2.24, 2.45) is 0 Å². The van der Waals surface area contributed by atoms with Gasteiger partial charge < -0.3 is 10.1 Å². The van der Waals surface area contributed by atoms with Crippen molar-refractivity contribution in [3.8, 4) is 5.75 Å². The second-order valence-electron chi connectivity index (χ2n) is 6.67. The van der Waals surface area contributed by atoms with E-state index in [4.69, 9.17) is 16.3 Å². The standard InChI is InChI=1S/C19H20ClN5O2/c1-12(10-25-11-13(20)9-21-25)16-8-18(26)24-19(23-16)22-15-6-7-27-17-5-3-2-4-14(15)17/h2-5,8-9,11-12,15H,6-7,10H2,1H3,(H2,22,23,24,26)/t12-,15+/m0/s1. The van der Waals surface area contributed by atoms with Gasteiger partial charge in [0.25, 0.3) is 5.56 Å². The summed E-state index contributed by atoms with van der Waals surface area (Å²) in [4.78, 5) is 19.6. The van der Waals surface area contributed by atoms with Gasteiger partial charge in [-0.25, -0.2) is 4.98 Å². The molecule has 1 aliphatic heterocycles. The maximum Gasteiger partial charge on any atom is 0.252 e. The Morgan fingerprint density at radius 2 is 2.30 bits per heavy atom. The van der Waals surface area contributed by atoms with Crippen molar-refractivity contribution in [1.82, 2.24) is 19.7 Å². The van der Waals surface area contributed by atoms with Crippen LogP contribution in [0.3, 0.4) is 0 Å². The zero-order chi connectivity index (χ0) is 18.8. The van der Waals surface area contributed by atoms with Crippen molar-refractivity contribution in [2.45, 2.75) is 31.8 Å². The van der Waals surface area contributed by atoms with Crippen molar-refractivity contribution in [3.05, 3.63) is 69.4 Å². The molecule has 27 heavy (non-hydrogen) atoms. The second-order valence-corrected chi connectivity index (χ2v) is 7.11. The smallest absolute Gasteiger partial charge is 0.252 e. The molecule has 0 fully saturated rings. The summed E-state index contributed by atoms with van der Waals surface area (Å²) in [6.45, 7) is 3.21. The van der Waals surface area contributed by atoms with Gasteiger partial charge in [-0.1, -0.05) is 36.7 Å². The largest absolute Gasteiger partial charge is 0.493 e. The zero-order valence-electron chi connectivity index (χ0n) is 14.9. The maximum absolute atomic E-state index is 12.2. The Balaban J connectivity index is 1.55. The fraction of sp³-hybridized carbons (Fsp3) is 0.316. The highest BCUT2D eigenvalue weighted by Gasteiger charge is 2.22. The number of H-pyrrole nitrogens is 1. The summed E-state index contributed by atoms with van der Waals surface area (Å²) >= 11 is 5.92. The molecule has 7 nitrogen and oxygen atoms in total. The lowest BCUT2D eigenvalue weighted by atomic mass is 10.0. The predicted molar refractivity (Wildman–Crippen MR) is 103 cm³/mol. The molecular weight excluding hydrogens is 366 g/mol. The highest BCUT2D eigenvalue weighted by Crippen LogP contribution is 2.33. The molecule has 4 rings (SSSR count). The lowest BCUT2D eigenvalue weighted by Gasteiger charge is -2.27. The van der Waals surface area contributed by atoms with Crippen LogP contribution in [0.4, 0.5) is 5.95 Å². The maximum atomic E-state index is 12.2. The van der Waals surface area contributed by atoms with Gasteiger partial charge in [-0.3, -0.25) is 14.5 Å². The van der Waals surface area contributed by atoms with E-state index in [-0.39, 0.29) is 17.5 Å². The van der Waals surface area contributed by atoms with Gasteiger partial charge in [-0.2, -0.15) is 5.10 Å². The number of halogens is 1. The van der Waals surface area contributed by atoms with Crippen LogP contribution in [-0.4, -0.2) is 26.4 Å². The summed E-state index contributed by atoms with van der Waals surface area (Å²) in [6.07, 6.45) is 4.14. The molecule has 0 amide bonds. The van der Waals surface area contributed by atoms with Gasteiger partial charge in [0.15, 0.2) is 0 Å². The summed E-state index contributed by atoms with van der Waals surface area (Å²) < 4.78 is 7.44. The number of aromatic nitrogens is 4. The summed E-state index contributed by atoms with van der Waals surface area (Å²) in [6, 6.07) is 9.47. The van der Waals surface area contributed by atoms with E-state index >= 15 is 0 Å². The molecular formula is C19H20ClN5O2. The molecule has 1 aliphatic rings. The van der Waals surface area contributed by atoms with Gasteiger partial charge >= 0.3 is 0 Å². The number of hydrogen-bond donors (Lipinski definition) is 2. The zero-order valence-corrected chi connectivity index (χ0v) is 15.6.